The Morgan fingerprint density at radius 2 is 1.83 bits per heavy atom. The van der Waals surface area contributed by atoms with Crippen molar-refractivity contribution in [2.45, 2.75) is 25.4 Å². The summed E-state index contributed by atoms with van der Waals surface area (Å²) in [6.45, 7) is 1.48. The third-order valence-corrected chi connectivity index (χ3v) is 4.98. The average molecular weight is 392 g/mol. The average Bonchev–Trinajstić information content (AvgIpc) is 3.08. The Morgan fingerprint density at radius 3 is 2.59 bits per heavy atom. The fourth-order valence-corrected chi connectivity index (χ4v) is 3.48. The van der Waals surface area contributed by atoms with E-state index >= 15 is 0 Å². The number of carbonyl (C=O) groups excluding carboxylic acids is 1. The van der Waals surface area contributed by atoms with Gasteiger partial charge in [-0.1, -0.05) is 42.5 Å². The highest BCUT2D eigenvalue weighted by Gasteiger charge is 2.31. The van der Waals surface area contributed by atoms with Gasteiger partial charge in [-0.05, 0) is 23.3 Å². The summed E-state index contributed by atoms with van der Waals surface area (Å²) >= 11 is 0. The third-order valence-electron chi connectivity index (χ3n) is 4.98. The number of hydrogen-bond donors (Lipinski definition) is 2. The van der Waals surface area contributed by atoms with Gasteiger partial charge in [0.1, 0.15) is 5.82 Å². The zero-order chi connectivity index (χ0) is 20.2. The SMILES string of the molecule is O=C1CC(c2cc(=O)[nH]c(NCc3ccc(F)cc3)n2)CN1Cc1ccccc1. The van der Waals surface area contributed by atoms with Gasteiger partial charge in [0.05, 0.1) is 5.69 Å². The molecule has 2 N–H and O–H groups in total. The number of halogens is 1. The minimum absolute atomic E-state index is 0.0572. The van der Waals surface area contributed by atoms with E-state index in [1.54, 1.807) is 17.0 Å². The van der Waals surface area contributed by atoms with Crippen LogP contribution in [0.4, 0.5) is 10.3 Å². The van der Waals surface area contributed by atoms with Gasteiger partial charge in [0.15, 0.2) is 0 Å². The van der Waals surface area contributed by atoms with E-state index in [0.29, 0.717) is 37.7 Å². The van der Waals surface area contributed by atoms with Crippen molar-refractivity contribution in [3.8, 4) is 0 Å². The van der Waals surface area contributed by atoms with Crippen LogP contribution in [-0.2, 0) is 17.9 Å². The molecule has 1 aliphatic rings. The van der Waals surface area contributed by atoms with Gasteiger partial charge in [0, 0.05) is 38.0 Å². The number of carbonyl (C=O) groups is 1. The predicted molar refractivity (Wildman–Crippen MR) is 108 cm³/mol. The normalized spacial score (nSPS) is 16.2. The minimum atomic E-state index is -0.298. The Labute approximate surface area is 167 Å². The van der Waals surface area contributed by atoms with E-state index in [2.05, 4.69) is 15.3 Å². The summed E-state index contributed by atoms with van der Waals surface area (Å²) in [6, 6.07) is 17.4. The summed E-state index contributed by atoms with van der Waals surface area (Å²) in [7, 11) is 0. The van der Waals surface area contributed by atoms with Gasteiger partial charge < -0.3 is 10.2 Å². The second-order valence-corrected chi connectivity index (χ2v) is 7.16. The first kappa shape index (κ1) is 18.9. The van der Waals surface area contributed by atoms with Crippen LogP contribution >= 0.6 is 0 Å². The zero-order valence-electron chi connectivity index (χ0n) is 15.8. The summed E-state index contributed by atoms with van der Waals surface area (Å²) in [5, 5.41) is 3.06. The van der Waals surface area contributed by atoms with Crippen LogP contribution in [0.2, 0.25) is 0 Å². The number of anilines is 1. The number of rotatable bonds is 6. The van der Waals surface area contributed by atoms with Crippen LogP contribution < -0.4 is 10.9 Å². The standard InChI is InChI=1S/C22H21FN4O2/c23-18-8-6-15(7-9-18)12-24-22-25-19(11-20(28)26-22)17-10-21(29)27(14-17)13-16-4-2-1-3-5-16/h1-9,11,17H,10,12-14H2,(H2,24,25,26,28). The van der Waals surface area contributed by atoms with E-state index in [0.717, 1.165) is 11.1 Å². The van der Waals surface area contributed by atoms with Gasteiger partial charge in [-0.2, -0.15) is 0 Å². The molecule has 1 amide bonds. The number of amides is 1. The summed E-state index contributed by atoms with van der Waals surface area (Å²) in [4.78, 5) is 33.5. The molecule has 2 aromatic carbocycles. The Hall–Kier alpha value is -3.48. The van der Waals surface area contributed by atoms with Gasteiger partial charge in [-0.3, -0.25) is 14.6 Å². The smallest absolute Gasteiger partial charge is 0.252 e. The lowest BCUT2D eigenvalue weighted by Crippen LogP contribution is -2.24. The van der Waals surface area contributed by atoms with Crippen molar-refractivity contribution in [3.05, 3.63) is 93.7 Å². The molecule has 1 unspecified atom stereocenters. The molecule has 1 atom stereocenters. The molecule has 1 saturated heterocycles. The molecule has 148 valence electrons. The first-order valence-corrected chi connectivity index (χ1v) is 9.48. The molecule has 0 saturated carbocycles. The van der Waals surface area contributed by atoms with Gasteiger partial charge in [0.2, 0.25) is 11.9 Å². The van der Waals surface area contributed by atoms with Crippen LogP contribution in [0.15, 0.2) is 65.5 Å². The van der Waals surface area contributed by atoms with Crippen LogP contribution in [0.3, 0.4) is 0 Å². The Morgan fingerprint density at radius 1 is 1.07 bits per heavy atom. The van der Waals surface area contributed by atoms with Gasteiger partial charge in [-0.25, -0.2) is 9.37 Å². The van der Waals surface area contributed by atoms with Crippen LogP contribution in [0, 0.1) is 5.82 Å². The first-order valence-electron chi connectivity index (χ1n) is 9.48. The van der Waals surface area contributed by atoms with Gasteiger partial charge in [-0.15, -0.1) is 0 Å². The largest absolute Gasteiger partial charge is 0.352 e. The maximum absolute atomic E-state index is 13.0. The number of H-pyrrole nitrogens is 1. The van der Waals surface area contributed by atoms with Crippen molar-refractivity contribution in [2.24, 2.45) is 0 Å². The summed E-state index contributed by atoms with van der Waals surface area (Å²) in [5.74, 6) is -0.0272. The predicted octanol–water partition coefficient (Wildman–Crippen LogP) is 3.04. The highest BCUT2D eigenvalue weighted by atomic mass is 19.1. The lowest BCUT2D eigenvalue weighted by molar-refractivity contribution is -0.128. The lowest BCUT2D eigenvalue weighted by atomic mass is 10.0. The molecule has 0 radical (unpaired) electrons. The molecule has 0 aliphatic carbocycles. The number of nitrogens with one attached hydrogen (secondary N) is 2. The molecule has 1 aromatic heterocycles. The number of likely N-dealkylation sites (tertiary alicyclic amines) is 1. The Balaban J connectivity index is 1.45. The van der Waals surface area contributed by atoms with Crippen LogP contribution in [0.1, 0.15) is 29.2 Å². The van der Waals surface area contributed by atoms with E-state index in [4.69, 9.17) is 0 Å². The summed E-state index contributed by atoms with van der Waals surface area (Å²) in [6.07, 6.45) is 0.334. The number of aromatic nitrogens is 2. The molecule has 7 heteroatoms. The fraction of sp³-hybridized carbons (Fsp3) is 0.227. The topological polar surface area (TPSA) is 78.1 Å². The third kappa shape index (κ3) is 4.68. The maximum Gasteiger partial charge on any atom is 0.252 e. The molecule has 4 rings (SSSR count). The number of nitrogens with zero attached hydrogens (tertiary/aromatic N) is 2. The van der Waals surface area contributed by atoms with E-state index in [1.807, 2.05) is 30.3 Å². The van der Waals surface area contributed by atoms with Gasteiger partial charge >= 0.3 is 0 Å². The Bertz CT molecular complexity index is 1050. The monoisotopic (exact) mass is 392 g/mol. The first-order chi connectivity index (χ1) is 14.1. The zero-order valence-corrected chi connectivity index (χ0v) is 15.8. The van der Waals surface area contributed by atoms with Crippen molar-refractivity contribution in [1.29, 1.82) is 0 Å². The van der Waals surface area contributed by atoms with E-state index in [-0.39, 0.29) is 23.2 Å². The van der Waals surface area contributed by atoms with Gasteiger partial charge in [0.25, 0.3) is 5.56 Å². The molecular formula is C22H21FN4O2. The number of aromatic amines is 1. The molecule has 1 aliphatic heterocycles. The van der Waals surface area contributed by atoms with Crippen molar-refractivity contribution >= 4 is 11.9 Å². The highest BCUT2D eigenvalue weighted by Crippen LogP contribution is 2.27. The molecule has 0 bridgehead atoms. The quantitative estimate of drug-likeness (QED) is 0.676. The second kappa shape index (κ2) is 8.26. The molecule has 0 spiro atoms. The second-order valence-electron chi connectivity index (χ2n) is 7.16. The molecule has 29 heavy (non-hydrogen) atoms. The number of hydrogen-bond acceptors (Lipinski definition) is 4. The summed E-state index contributed by atoms with van der Waals surface area (Å²) < 4.78 is 13.0. The van der Waals surface area contributed by atoms with E-state index in [9.17, 15) is 14.0 Å². The van der Waals surface area contributed by atoms with Crippen LogP contribution in [0.5, 0.6) is 0 Å². The molecule has 3 aromatic rings. The maximum atomic E-state index is 13.0. The van der Waals surface area contributed by atoms with Crippen LogP contribution in [-0.4, -0.2) is 27.3 Å². The van der Waals surface area contributed by atoms with Crippen molar-refractivity contribution < 1.29 is 9.18 Å². The summed E-state index contributed by atoms with van der Waals surface area (Å²) in [5.41, 5.74) is 2.26. The van der Waals surface area contributed by atoms with Crippen molar-refractivity contribution in [2.75, 3.05) is 11.9 Å². The Kier molecular flexibility index (Phi) is 5.37. The lowest BCUT2D eigenvalue weighted by Gasteiger charge is -2.17. The van der Waals surface area contributed by atoms with E-state index in [1.165, 1.54) is 18.2 Å². The van der Waals surface area contributed by atoms with Crippen molar-refractivity contribution in [1.82, 2.24) is 14.9 Å². The molecule has 2 heterocycles. The fourth-order valence-electron chi connectivity index (χ4n) is 3.48. The van der Waals surface area contributed by atoms with Crippen molar-refractivity contribution in [3.63, 3.8) is 0 Å². The minimum Gasteiger partial charge on any atom is -0.352 e. The molecule has 1 fully saturated rings. The van der Waals surface area contributed by atoms with Crippen LogP contribution in [0.25, 0.3) is 0 Å². The highest BCUT2D eigenvalue weighted by molar-refractivity contribution is 5.79. The number of benzene rings is 2. The van der Waals surface area contributed by atoms with E-state index < -0.39 is 0 Å². The molecular weight excluding hydrogens is 371 g/mol. The molecule has 6 nitrogen and oxygen atoms in total.